The first kappa shape index (κ1) is 16.5. The predicted octanol–water partition coefficient (Wildman–Crippen LogP) is 4.11. The van der Waals surface area contributed by atoms with Gasteiger partial charge in [0.2, 0.25) is 0 Å². The van der Waals surface area contributed by atoms with Crippen molar-refractivity contribution in [1.82, 2.24) is 10.2 Å². The predicted molar refractivity (Wildman–Crippen MR) is 84.9 cm³/mol. The summed E-state index contributed by atoms with van der Waals surface area (Å²) in [7, 11) is 0. The van der Waals surface area contributed by atoms with Gasteiger partial charge in [-0.1, -0.05) is 50.6 Å². The van der Waals surface area contributed by atoms with E-state index in [1.165, 1.54) is 5.56 Å². The lowest BCUT2D eigenvalue weighted by Gasteiger charge is -2.44. The summed E-state index contributed by atoms with van der Waals surface area (Å²) in [6.45, 7) is 14.1. The topological polar surface area (TPSA) is 15.3 Å². The largest absolute Gasteiger partial charge is 0.309 e. The van der Waals surface area contributed by atoms with Gasteiger partial charge >= 0.3 is 0 Å². The lowest BCUT2D eigenvalue weighted by atomic mass is 9.86. The summed E-state index contributed by atoms with van der Waals surface area (Å²) in [5, 5.41) is 4.44. The van der Waals surface area contributed by atoms with Crippen LogP contribution in [0.5, 0.6) is 0 Å². The number of halogens is 1. The minimum atomic E-state index is 0.0184. The fraction of sp³-hybridized carbons (Fsp3) is 0.625. The molecular formula is C16H27ClN2. The molecule has 0 radical (unpaired) electrons. The Morgan fingerprint density at radius 3 is 2.21 bits per heavy atom. The van der Waals surface area contributed by atoms with Crippen LogP contribution >= 0.6 is 11.6 Å². The summed E-state index contributed by atoms with van der Waals surface area (Å²) in [5.41, 5.74) is 1.20. The summed E-state index contributed by atoms with van der Waals surface area (Å²) in [4.78, 5) is 2.48. The highest BCUT2D eigenvalue weighted by atomic mass is 35.5. The third kappa shape index (κ3) is 3.71. The molecule has 1 rings (SSSR count). The molecule has 0 heterocycles. The Morgan fingerprint density at radius 2 is 1.74 bits per heavy atom. The second kappa shape index (κ2) is 7.28. The van der Waals surface area contributed by atoms with Crippen molar-refractivity contribution in [3.05, 3.63) is 34.9 Å². The second-order valence-corrected chi connectivity index (χ2v) is 5.75. The maximum atomic E-state index is 6.39. The van der Waals surface area contributed by atoms with Crippen LogP contribution in [0.15, 0.2) is 24.3 Å². The van der Waals surface area contributed by atoms with E-state index in [1.807, 2.05) is 12.1 Å². The van der Waals surface area contributed by atoms with Gasteiger partial charge in [-0.25, -0.2) is 0 Å². The third-order valence-electron chi connectivity index (χ3n) is 3.91. The highest BCUT2D eigenvalue weighted by molar-refractivity contribution is 6.31. The number of nitrogens with zero attached hydrogens (tertiary/aromatic N) is 1. The van der Waals surface area contributed by atoms with Gasteiger partial charge in [0.05, 0.1) is 6.04 Å². The van der Waals surface area contributed by atoms with E-state index < -0.39 is 0 Å². The Kier molecular flexibility index (Phi) is 6.31. The molecule has 0 aliphatic rings. The molecule has 108 valence electrons. The van der Waals surface area contributed by atoms with E-state index in [4.69, 9.17) is 11.6 Å². The molecule has 1 aromatic carbocycles. The lowest BCUT2D eigenvalue weighted by molar-refractivity contribution is 0.0919. The molecule has 0 fully saturated rings. The average molecular weight is 283 g/mol. The molecule has 1 aromatic rings. The maximum Gasteiger partial charge on any atom is 0.0516 e. The standard InChI is InChI=1S/C16H27ClN2/c1-6-18-15(13-11-9-10-12-14(13)17)16(4,5)19(7-2)8-3/h9-12,15,18H,6-8H2,1-5H3. The van der Waals surface area contributed by atoms with Crippen LogP contribution in [0.25, 0.3) is 0 Å². The van der Waals surface area contributed by atoms with E-state index in [2.05, 4.69) is 57.0 Å². The van der Waals surface area contributed by atoms with Crippen molar-refractivity contribution < 1.29 is 0 Å². The van der Waals surface area contributed by atoms with E-state index in [0.717, 1.165) is 24.7 Å². The van der Waals surface area contributed by atoms with Crippen LogP contribution in [0.2, 0.25) is 5.02 Å². The first-order valence-electron chi connectivity index (χ1n) is 7.21. The summed E-state index contributed by atoms with van der Waals surface area (Å²) < 4.78 is 0. The molecule has 19 heavy (non-hydrogen) atoms. The summed E-state index contributed by atoms with van der Waals surface area (Å²) in [6.07, 6.45) is 0. The molecule has 0 aromatic heterocycles. The first-order chi connectivity index (χ1) is 8.98. The van der Waals surface area contributed by atoms with Gasteiger partial charge in [0.25, 0.3) is 0 Å². The van der Waals surface area contributed by atoms with Gasteiger partial charge in [0.15, 0.2) is 0 Å². The molecule has 3 heteroatoms. The molecule has 0 amide bonds. The Balaban J connectivity index is 3.16. The number of hydrogen-bond acceptors (Lipinski definition) is 2. The van der Waals surface area contributed by atoms with Gasteiger partial charge in [-0.05, 0) is 45.1 Å². The van der Waals surface area contributed by atoms with E-state index >= 15 is 0 Å². The highest BCUT2D eigenvalue weighted by Gasteiger charge is 2.35. The van der Waals surface area contributed by atoms with Gasteiger partial charge in [0.1, 0.15) is 0 Å². The van der Waals surface area contributed by atoms with Crippen molar-refractivity contribution in [2.24, 2.45) is 0 Å². The molecule has 0 saturated heterocycles. The zero-order chi connectivity index (χ0) is 14.5. The molecule has 0 spiro atoms. The fourth-order valence-corrected chi connectivity index (χ4v) is 3.12. The van der Waals surface area contributed by atoms with E-state index in [0.29, 0.717) is 0 Å². The summed E-state index contributed by atoms with van der Waals surface area (Å²) >= 11 is 6.39. The lowest BCUT2D eigenvalue weighted by Crippen LogP contribution is -2.52. The summed E-state index contributed by atoms with van der Waals surface area (Å²) in [5.74, 6) is 0. The number of nitrogens with one attached hydrogen (secondary N) is 1. The molecule has 0 aliphatic heterocycles. The van der Waals surface area contributed by atoms with Crippen LogP contribution in [0.1, 0.15) is 46.2 Å². The van der Waals surface area contributed by atoms with Gasteiger partial charge < -0.3 is 5.32 Å². The minimum Gasteiger partial charge on any atom is -0.309 e. The van der Waals surface area contributed by atoms with Gasteiger partial charge in [-0.3, -0.25) is 4.90 Å². The van der Waals surface area contributed by atoms with Crippen molar-refractivity contribution in [3.8, 4) is 0 Å². The Morgan fingerprint density at radius 1 is 1.16 bits per heavy atom. The van der Waals surface area contributed by atoms with Crippen LogP contribution in [-0.2, 0) is 0 Å². The molecule has 1 unspecified atom stereocenters. The van der Waals surface area contributed by atoms with Crippen LogP contribution in [-0.4, -0.2) is 30.1 Å². The first-order valence-corrected chi connectivity index (χ1v) is 7.59. The molecule has 1 atom stereocenters. The zero-order valence-corrected chi connectivity index (χ0v) is 13.6. The highest BCUT2D eigenvalue weighted by Crippen LogP contribution is 2.34. The third-order valence-corrected chi connectivity index (χ3v) is 4.25. The van der Waals surface area contributed by atoms with E-state index in [-0.39, 0.29) is 11.6 Å². The molecule has 1 N–H and O–H groups in total. The van der Waals surface area contributed by atoms with E-state index in [9.17, 15) is 0 Å². The van der Waals surface area contributed by atoms with Crippen molar-refractivity contribution in [2.45, 2.75) is 46.2 Å². The molecule has 0 bridgehead atoms. The zero-order valence-electron chi connectivity index (χ0n) is 12.8. The second-order valence-electron chi connectivity index (χ2n) is 5.34. The quantitative estimate of drug-likeness (QED) is 0.810. The Bertz CT molecular complexity index is 386. The fourth-order valence-electron chi connectivity index (χ4n) is 2.87. The Hall–Kier alpha value is -0.570. The molecule has 0 saturated carbocycles. The number of benzene rings is 1. The smallest absolute Gasteiger partial charge is 0.0516 e. The van der Waals surface area contributed by atoms with Crippen molar-refractivity contribution in [3.63, 3.8) is 0 Å². The average Bonchev–Trinajstić information content (AvgIpc) is 2.38. The normalized spacial score (nSPS) is 13.8. The number of hydrogen-bond donors (Lipinski definition) is 1. The molecular weight excluding hydrogens is 256 g/mol. The number of rotatable bonds is 7. The maximum absolute atomic E-state index is 6.39. The van der Waals surface area contributed by atoms with Gasteiger partial charge in [0, 0.05) is 10.6 Å². The van der Waals surface area contributed by atoms with Crippen LogP contribution in [0.4, 0.5) is 0 Å². The van der Waals surface area contributed by atoms with Crippen LogP contribution in [0.3, 0.4) is 0 Å². The minimum absolute atomic E-state index is 0.0184. The van der Waals surface area contributed by atoms with E-state index in [1.54, 1.807) is 0 Å². The molecule has 2 nitrogen and oxygen atoms in total. The summed E-state index contributed by atoms with van der Waals surface area (Å²) in [6, 6.07) is 8.37. The van der Waals surface area contributed by atoms with Crippen molar-refractivity contribution in [1.29, 1.82) is 0 Å². The Labute approximate surface area is 123 Å². The van der Waals surface area contributed by atoms with Gasteiger partial charge in [-0.15, -0.1) is 0 Å². The monoisotopic (exact) mass is 282 g/mol. The van der Waals surface area contributed by atoms with Crippen LogP contribution in [0, 0.1) is 0 Å². The van der Waals surface area contributed by atoms with Crippen LogP contribution < -0.4 is 5.32 Å². The SMILES string of the molecule is CCNC(c1ccccc1Cl)C(C)(C)N(CC)CC. The van der Waals surface area contributed by atoms with Crippen molar-refractivity contribution in [2.75, 3.05) is 19.6 Å². The van der Waals surface area contributed by atoms with Gasteiger partial charge in [-0.2, -0.15) is 0 Å². The van der Waals surface area contributed by atoms with Crippen molar-refractivity contribution >= 4 is 11.6 Å². The number of likely N-dealkylation sites (N-methyl/N-ethyl adjacent to an activating group) is 2. The molecule has 0 aliphatic carbocycles.